The molecule has 0 unspecified atom stereocenters. The fourth-order valence-corrected chi connectivity index (χ4v) is 4.15. The zero-order valence-corrected chi connectivity index (χ0v) is 21.7. The lowest BCUT2D eigenvalue weighted by molar-refractivity contribution is -0.113. The highest BCUT2D eigenvalue weighted by Crippen LogP contribution is 2.21. The Morgan fingerprint density at radius 2 is 1.63 bits per heavy atom. The lowest BCUT2D eigenvalue weighted by Crippen LogP contribution is -2.24. The van der Waals surface area contributed by atoms with Gasteiger partial charge in [-0.05, 0) is 55.5 Å². The van der Waals surface area contributed by atoms with Crippen molar-refractivity contribution in [1.82, 2.24) is 20.1 Å². The molecule has 0 fully saturated rings. The number of carbonyl (C=O) groups is 2. The molecule has 3 aromatic carbocycles. The molecule has 4 rings (SSSR count). The van der Waals surface area contributed by atoms with Crippen molar-refractivity contribution in [3.63, 3.8) is 0 Å². The average molecular weight is 526 g/mol. The lowest BCUT2D eigenvalue weighted by Gasteiger charge is -2.09. The van der Waals surface area contributed by atoms with Gasteiger partial charge >= 0.3 is 0 Å². The zero-order chi connectivity index (χ0) is 26.7. The molecule has 1 aromatic heterocycles. The van der Waals surface area contributed by atoms with Gasteiger partial charge < -0.3 is 15.2 Å². The summed E-state index contributed by atoms with van der Waals surface area (Å²) in [4.78, 5) is 25.0. The van der Waals surface area contributed by atoms with E-state index in [1.54, 1.807) is 42.5 Å². The number of aryl methyl sites for hydroxylation is 1. The molecule has 0 saturated carbocycles. The first kappa shape index (κ1) is 26.5. The standard InChI is InChI=1S/C28H27N7O2S/c1-3-17-35-25(18-29-27(37)21-11-9-20(2)10-12-21)33-34-28(35)38-19-26(36)30-22-13-15-24(16-14-22)32-31-23-7-5-4-6-8-23/h3-16H,1,17-19H2,2H3,(H,29,37)(H,30,36). The maximum atomic E-state index is 12.5. The molecular weight excluding hydrogens is 498 g/mol. The molecule has 9 nitrogen and oxygen atoms in total. The van der Waals surface area contributed by atoms with E-state index in [4.69, 9.17) is 0 Å². The van der Waals surface area contributed by atoms with Crippen LogP contribution < -0.4 is 10.6 Å². The SMILES string of the molecule is C=CCn1c(CNC(=O)c2ccc(C)cc2)nnc1SCC(=O)Nc1ccc(N=Nc2ccccc2)cc1. The topological polar surface area (TPSA) is 114 Å². The summed E-state index contributed by atoms with van der Waals surface area (Å²) in [5, 5.41) is 23.1. The number of thioether (sulfide) groups is 1. The molecule has 0 aliphatic rings. The van der Waals surface area contributed by atoms with Gasteiger partial charge in [-0.1, -0.05) is 53.7 Å². The van der Waals surface area contributed by atoms with Crippen molar-refractivity contribution in [2.24, 2.45) is 10.2 Å². The number of hydrogen-bond acceptors (Lipinski definition) is 7. The second-order valence-electron chi connectivity index (χ2n) is 8.27. The first-order valence-corrected chi connectivity index (χ1v) is 12.9. The molecule has 0 radical (unpaired) electrons. The lowest BCUT2D eigenvalue weighted by atomic mass is 10.1. The number of rotatable bonds is 11. The van der Waals surface area contributed by atoms with Gasteiger partial charge in [0.05, 0.1) is 23.7 Å². The number of allylic oxidation sites excluding steroid dienone is 1. The quantitative estimate of drug-likeness (QED) is 0.145. The Kier molecular flexibility index (Phi) is 9.14. The number of carbonyl (C=O) groups excluding carboxylic acids is 2. The van der Waals surface area contributed by atoms with Crippen molar-refractivity contribution in [1.29, 1.82) is 0 Å². The minimum atomic E-state index is -0.195. The number of nitrogens with zero attached hydrogens (tertiary/aromatic N) is 5. The molecule has 0 atom stereocenters. The van der Waals surface area contributed by atoms with Crippen LogP contribution in [-0.2, 0) is 17.9 Å². The van der Waals surface area contributed by atoms with Crippen LogP contribution >= 0.6 is 11.8 Å². The highest BCUT2D eigenvalue weighted by Gasteiger charge is 2.15. The molecule has 0 saturated heterocycles. The highest BCUT2D eigenvalue weighted by atomic mass is 32.2. The Labute approximate surface area is 225 Å². The maximum absolute atomic E-state index is 12.5. The van der Waals surface area contributed by atoms with Crippen molar-refractivity contribution in [3.8, 4) is 0 Å². The van der Waals surface area contributed by atoms with E-state index in [2.05, 4.69) is 37.6 Å². The Morgan fingerprint density at radius 3 is 2.32 bits per heavy atom. The van der Waals surface area contributed by atoms with E-state index < -0.39 is 0 Å². The van der Waals surface area contributed by atoms with Gasteiger partial charge in [0.15, 0.2) is 11.0 Å². The summed E-state index contributed by atoms with van der Waals surface area (Å²) < 4.78 is 1.83. The third-order valence-electron chi connectivity index (χ3n) is 5.35. The van der Waals surface area contributed by atoms with Crippen LogP contribution in [0.4, 0.5) is 17.1 Å². The van der Waals surface area contributed by atoms with Crippen LogP contribution in [0, 0.1) is 6.92 Å². The number of azo groups is 1. The first-order valence-electron chi connectivity index (χ1n) is 11.9. The van der Waals surface area contributed by atoms with E-state index in [0.29, 0.717) is 34.5 Å². The monoisotopic (exact) mass is 525 g/mol. The number of amides is 2. The second-order valence-corrected chi connectivity index (χ2v) is 9.21. The Bertz CT molecular complexity index is 1420. The van der Waals surface area contributed by atoms with Crippen LogP contribution in [-0.4, -0.2) is 32.3 Å². The van der Waals surface area contributed by atoms with Crippen LogP contribution in [0.3, 0.4) is 0 Å². The summed E-state index contributed by atoms with van der Waals surface area (Å²) in [5.41, 5.74) is 3.76. The molecule has 2 amide bonds. The second kappa shape index (κ2) is 13.1. The molecule has 38 heavy (non-hydrogen) atoms. The molecule has 0 spiro atoms. The van der Waals surface area contributed by atoms with E-state index >= 15 is 0 Å². The molecule has 0 aliphatic carbocycles. The van der Waals surface area contributed by atoms with E-state index in [0.717, 1.165) is 11.3 Å². The van der Waals surface area contributed by atoms with Gasteiger partial charge in [0.2, 0.25) is 5.91 Å². The molecule has 4 aromatic rings. The normalized spacial score (nSPS) is 10.9. The first-order chi connectivity index (χ1) is 18.5. The Hall–Kier alpha value is -4.57. The van der Waals surface area contributed by atoms with E-state index in [1.165, 1.54) is 11.8 Å². The van der Waals surface area contributed by atoms with E-state index in [-0.39, 0.29) is 24.1 Å². The van der Waals surface area contributed by atoms with Crippen LogP contribution in [0.15, 0.2) is 107 Å². The fourth-order valence-electron chi connectivity index (χ4n) is 3.38. The maximum Gasteiger partial charge on any atom is 0.251 e. The van der Waals surface area contributed by atoms with Crippen molar-refractivity contribution >= 4 is 40.6 Å². The summed E-state index contributed by atoms with van der Waals surface area (Å²) in [7, 11) is 0. The molecular formula is C28H27N7O2S. The zero-order valence-electron chi connectivity index (χ0n) is 20.9. The fraction of sp³-hybridized carbons (Fsp3) is 0.143. The van der Waals surface area contributed by atoms with Gasteiger partial charge in [0, 0.05) is 17.8 Å². The van der Waals surface area contributed by atoms with Gasteiger partial charge in [-0.2, -0.15) is 10.2 Å². The van der Waals surface area contributed by atoms with Gasteiger partial charge in [-0.15, -0.1) is 16.8 Å². The number of aromatic nitrogens is 3. The van der Waals surface area contributed by atoms with Crippen molar-refractivity contribution in [3.05, 3.63) is 108 Å². The Morgan fingerprint density at radius 1 is 0.947 bits per heavy atom. The minimum absolute atomic E-state index is 0.139. The van der Waals surface area contributed by atoms with Crippen molar-refractivity contribution in [2.45, 2.75) is 25.2 Å². The largest absolute Gasteiger partial charge is 0.345 e. The predicted molar refractivity (Wildman–Crippen MR) is 149 cm³/mol. The third kappa shape index (κ3) is 7.47. The smallest absolute Gasteiger partial charge is 0.251 e. The van der Waals surface area contributed by atoms with Crippen LogP contribution in [0.25, 0.3) is 0 Å². The molecule has 10 heteroatoms. The summed E-state index contributed by atoms with van der Waals surface area (Å²) in [5.74, 6) is 0.337. The minimum Gasteiger partial charge on any atom is -0.345 e. The summed E-state index contributed by atoms with van der Waals surface area (Å²) >= 11 is 1.26. The number of benzene rings is 3. The highest BCUT2D eigenvalue weighted by molar-refractivity contribution is 7.99. The third-order valence-corrected chi connectivity index (χ3v) is 6.31. The van der Waals surface area contributed by atoms with Gasteiger partial charge in [0.1, 0.15) is 0 Å². The molecule has 0 aliphatic heterocycles. The summed E-state index contributed by atoms with van der Waals surface area (Å²) in [6, 6.07) is 23.9. The number of hydrogen-bond donors (Lipinski definition) is 2. The summed E-state index contributed by atoms with van der Waals surface area (Å²) in [6.45, 7) is 6.41. The molecule has 0 bridgehead atoms. The van der Waals surface area contributed by atoms with Gasteiger partial charge in [-0.3, -0.25) is 9.59 Å². The molecule has 1 heterocycles. The number of nitrogens with one attached hydrogen (secondary N) is 2. The van der Waals surface area contributed by atoms with Crippen molar-refractivity contribution in [2.75, 3.05) is 11.1 Å². The van der Waals surface area contributed by atoms with Crippen LogP contribution in [0.2, 0.25) is 0 Å². The van der Waals surface area contributed by atoms with Crippen LogP contribution in [0.5, 0.6) is 0 Å². The Balaban J connectivity index is 1.30. The number of anilines is 1. The van der Waals surface area contributed by atoms with E-state index in [1.807, 2.05) is 54.0 Å². The molecule has 2 N–H and O–H groups in total. The van der Waals surface area contributed by atoms with Crippen molar-refractivity contribution < 1.29 is 9.59 Å². The van der Waals surface area contributed by atoms with Gasteiger partial charge in [-0.25, -0.2) is 0 Å². The predicted octanol–water partition coefficient (Wildman–Crippen LogP) is 5.85. The van der Waals surface area contributed by atoms with Gasteiger partial charge in [0.25, 0.3) is 5.91 Å². The average Bonchev–Trinajstić information content (AvgIpc) is 3.32. The summed E-state index contributed by atoms with van der Waals surface area (Å²) in [6.07, 6.45) is 1.72. The van der Waals surface area contributed by atoms with Crippen LogP contribution in [0.1, 0.15) is 21.7 Å². The van der Waals surface area contributed by atoms with E-state index in [9.17, 15) is 9.59 Å². The molecule has 192 valence electrons.